The molecule has 0 aliphatic rings. The predicted molar refractivity (Wildman–Crippen MR) is 225 cm³/mol. The molecule has 0 saturated heterocycles. The number of hydrogen-bond donors (Lipinski definition) is 0. The fourth-order valence-corrected chi connectivity index (χ4v) is 7.66. The molecule has 0 spiro atoms. The van der Waals surface area contributed by atoms with Crippen LogP contribution < -0.4 is 0 Å². The zero-order valence-electron chi connectivity index (χ0n) is 34.0. The number of ether oxygens (including phenoxy) is 4. The highest BCUT2D eigenvalue weighted by molar-refractivity contribution is 6.38. The number of benzene rings is 5. The molecule has 0 radical (unpaired) electrons. The van der Waals surface area contributed by atoms with Crippen LogP contribution in [0.5, 0.6) is 0 Å². The van der Waals surface area contributed by atoms with Crippen molar-refractivity contribution in [3.8, 4) is 0 Å². The van der Waals surface area contributed by atoms with Crippen LogP contribution >= 0.6 is 0 Å². The van der Waals surface area contributed by atoms with E-state index in [-0.39, 0.29) is 26.4 Å². The summed E-state index contributed by atoms with van der Waals surface area (Å²) in [5.74, 6) is -1.97. The summed E-state index contributed by atoms with van der Waals surface area (Å²) in [5.41, 5.74) is 1.19. The Bertz CT molecular complexity index is 1810. The van der Waals surface area contributed by atoms with Gasteiger partial charge in [0.25, 0.3) is 0 Å². The van der Waals surface area contributed by atoms with Crippen LogP contribution in [0.25, 0.3) is 43.1 Å². The summed E-state index contributed by atoms with van der Waals surface area (Å²) in [4.78, 5) is 55.3. The lowest BCUT2D eigenvalue weighted by Gasteiger charge is -2.20. The standard InChI is InChI=1S/C48H60O8/c1-5-9-13-17-29-53-45(49)37-25-21-33-35-23-27-39(47(51)55-31-19-15-11-7-3)44-40(48(52)56-32-20-16-12-8-4)28-24-36(42(35)44)34-22-26-38(43(37)41(33)34)46(50)54-30-18-14-10-6-2/h21-28H,5-20,29-32H2,1-4H3. The molecule has 300 valence electrons. The maximum absolute atomic E-state index is 13.8. The van der Waals surface area contributed by atoms with Crippen LogP contribution in [0.2, 0.25) is 0 Å². The van der Waals surface area contributed by atoms with E-state index >= 15 is 0 Å². The van der Waals surface area contributed by atoms with E-state index in [0.717, 1.165) is 135 Å². The van der Waals surface area contributed by atoms with E-state index in [2.05, 4.69) is 27.7 Å². The molecular weight excluding hydrogens is 705 g/mol. The molecule has 0 fully saturated rings. The highest BCUT2D eigenvalue weighted by Gasteiger charge is 2.27. The number of rotatable bonds is 24. The summed E-state index contributed by atoms with van der Waals surface area (Å²) in [6.07, 6.45) is 15.5. The molecule has 0 bridgehead atoms. The quantitative estimate of drug-likeness (QED) is 0.0201. The monoisotopic (exact) mass is 764 g/mol. The van der Waals surface area contributed by atoms with Crippen molar-refractivity contribution >= 4 is 67.0 Å². The number of unbranched alkanes of at least 4 members (excludes halogenated alkanes) is 12. The van der Waals surface area contributed by atoms with Gasteiger partial charge in [-0.3, -0.25) is 0 Å². The van der Waals surface area contributed by atoms with E-state index in [0.29, 0.717) is 33.0 Å². The highest BCUT2D eigenvalue weighted by Crippen LogP contribution is 2.44. The summed E-state index contributed by atoms with van der Waals surface area (Å²) < 4.78 is 23.2. The van der Waals surface area contributed by atoms with E-state index in [1.807, 2.05) is 24.3 Å². The minimum absolute atomic E-state index is 0.288. The molecule has 0 saturated carbocycles. The van der Waals surface area contributed by atoms with Crippen LogP contribution in [0.15, 0.2) is 48.5 Å². The Morgan fingerprint density at radius 1 is 0.321 bits per heavy atom. The maximum Gasteiger partial charge on any atom is 0.338 e. The number of carbonyl (C=O) groups is 4. The van der Waals surface area contributed by atoms with Gasteiger partial charge in [-0.2, -0.15) is 0 Å². The number of fused-ring (bicyclic) bond motifs is 2. The van der Waals surface area contributed by atoms with Crippen LogP contribution in [-0.2, 0) is 18.9 Å². The van der Waals surface area contributed by atoms with Crippen molar-refractivity contribution in [3.05, 3.63) is 70.8 Å². The zero-order valence-corrected chi connectivity index (χ0v) is 34.0. The highest BCUT2D eigenvalue weighted by atomic mass is 16.5. The summed E-state index contributed by atoms with van der Waals surface area (Å²) in [6.45, 7) is 9.68. The second kappa shape index (κ2) is 21.5. The van der Waals surface area contributed by atoms with Crippen molar-refractivity contribution in [1.29, 1.82) is 0 Å². The second-order valence-corrected chi connectivity index (χ2v) is 14.9. The molecule has 5 rings (SSSR count). The van der Waals surface area contributed by atoms with Crippen LogP contribution in [0, 0.1) is 0 Å². The molecule has 0 atom stereocenters. The van der Waals surface area contributed by atoms with Crippen molar-refractivity contribution in [2.45, 2.75) is 130 Å². The Hall–Kier alpha value is -4.72. The largest absolute Gasteiger partial charge is 0.462 e. The van der Waals surface area contributed by atoms with Crippen LogP contribution in [0.4, 0.5) is 0 Å². The van der Waals surface area contributed by atoms with Crippen molar-refractivity contribution in [1.82, 2.24) is 0 Å². The molecule has 5 aromatic rings. The van der Waals surface area contributed by atoms with E-state index in [4.69, 9.17) is 18.9 Å². The van der Waals surface area contributed by atoms with E-state index in [1.165, 1.54) is 0 Å². The number of esters is 4. The van der Waals surface area contributed by atoms with Gasteiger partial charge in [-0.15, -0.1) is 0 Å². The zero-order chi connectivity index (χ0) is 39.9. The van der Waals surface area contributed by atoms with Gasteiger partial charge in [0.2, 0.25) is 0 Å². The third-order valence-corrected chi connectivity index (χ3v) is 10.7. The topological polar surface area (TPSA) is 105 Å². The Labute approximate surface area is 331 Å². The van der Waals surface area contributed by atoms with Gasteiger partial charge < -0.3 is 18.9 Å². The number of carbonyl (C=O) groups excluding carboxylic acids is 4. The molecule has 0 N–H and O–H groups in total. The summed E-state index contributed by atoms with van der Waals surface area (Å²) >= 11 is 0. The lowest BCUT2D eigenvalue weighted by Crippen LogP contribution is -2.13. The molecule has 8 nitrogen and oxygen atoms in total. The van der Waals surface area contributed by atoms with Gasteiger partial charge in [0, 0.05) is 10.8 Å². The second-order valence-electron chi connectivity index (χ2n) is 14.9. The molecule has 0 unspecified atom stereocenters. The van der Waals surface area contributed by atoms with Gasteiger partial charge in [0.05, 0.1) is 48.7 Å². The molecule has 0 aromatic heterocycles. The Balaban J connectivity index is 1.68. The molecule has 0 amide bonds. The third-order valence-electron chi connectivity index (χ3n) is 10.7. The SMILES string of the molecule is CCCCCCOC(=O)c1ccc2c3ccc(C(=O)OCCCCCC)c4c(C(=O)OCCCCCC)ccc(c5ccc(C(=O)OCCCCCC)c1c25)c43. The maximum atomic E-state index is 13.8. The lowest BCUT2D eigenvalue weighted by atomic mass is 9.84. The van der Waals surface area contributed by atoms with Crippen LogP contribution in [-0.4, -0.2) is 50.3 Å². The van der Waals surface area contributed by atoms with Crippen molar-refractivity contribution < 1.29 is 38.1 Å². The fourth-order valence-electron chi connectivity index (χ4n) is 7.66. The van der Waals surface area contributed by atoms with Gasteiger partial charge >= 0.3 is 23.9 Å². The van der Waals surface area contributed by atoms with Crippen LogP contribution in [0.3, 0.4) is 0 Å². The Morgan fingerprint density at radius 3 is 0.768 bits per heavy atom. The summed E-state index contributed by atoms with van der Waals surface area (Å²) in [5, 5.41) is 5.48. The first-order valence-corrected chi connectivity index (χ1v) is 21.3. The molecule has 0 heterocycles. The summed E-state index contributed by atoms with van der Waals surface area (Å²) in [7, 11) is 0. The average molecular weight is 765 g/mol. The molecular formula is C48H60O8. The van der Waals surface area contributed by atoms with E-state index in [9.17, 15) is 19.2 Å². The first kappa shape index (κ1) is 42.4. The molecule has 0 aliphatic heterocycles. The van der Waals surface area contributed by atoms with Gasteiger partial charge in [0.1, 0.15) is 0 Å². The molecule has 8 heteroatoms. The van der Waals surface area contributed by atoms with Gasteiger partial charge in [-0.25, -0.2) is 19.2 Å². The first-order valence-electron chi connectivity index (χ1n) is 21.3. The first-order chi connectivity index (χ1) is 27.4. The van der Waals surface area contributed by atoms with Gasteiger partial charge in [-0.1, -0.05) is 129 Å². The number of hydrogen-bond acceptors (Lipinski definition) is 8. The smallest absolute Gasteiger partial charge is 0.338 e. The molecule has 5 aromatic carbocycles. The third kappa shape index (κ3) is 9.98. The lowest BCUT2D eigenvalue weighted by molar-refractivity contribution is 0.0483. The van der Waals surface area contributed by atoms with E-state index < -0.39 is 23.9 Å². The molecule has 0 aliphatic carbocycles. The van der Waals surface area contributed by atoms with Gasteiger partial charge in [0.15, 0.2) is 0 Å². The normalized spacial score (nSPS) is 11.5. The average Bonchev–Trinajstić information content (AvgIpc) is 3.21. The van der Waals surface area contributed by atoms with Crippen molar-refractivity contribution in [2.75, 3.05) is 26.4 Å². The summed E-state index contributed by atoms with van der Waals surface area (Å²) in [6, 6.07) is 14.4. The Morgan fingerprint density at radius 2 is 0.554 bits per heavy atom. The fraction of sp³-hybridized carbons (Fsp3) is 0.500. The van der Waals surface area contributed by atoms with Crippen molar-refractivity contribution in [3.63, 3.8) is 0 Å². The predicted octanol–water partition coefficient (Wildman–Crippen LogP) is 12.7. The van der Waals surface area contributed by atoms with Gasteiger partial charge in [-0.05, 0) is 82.3 Å². The minimum Gasteiger partial charge on any atom is -0.462 e. The molecule has 56 heavy (non-hydrogen) atoms. The van der Waals surface area contributed by atoms with Crippen LogP contribution in [0.1, 0.15) is 172 Å². The van der Waals surface area contributed by atoms with E-state index in [1.54, 1.807) is 24.3 Å². The van der Waals surface area contributed by atoms with Crippen molar-refractivity contribution in [2.24, 2.45) is 0 Å². The minimum atomic E-state index is -0.493. The Kier molecular flexibility index (Phi) is 16.3.